The highest BCUT2D eigenvalue weighted by Gasteiger charge is 2.64. The molecule has 2 nitrogen and oxygen atoms in total. The summed E-state index contributed by atoms with van der Waals surface area (Å²) in [7, 11) is 3.60. The molecule has 0 saturated heterocycles. The average molecular weight is 421 g/mol. The molecule has 0 heterocycles. The smallest absolute Gasteiger partial charge is 0.189 e. The summed E-state index contributed by atoms with van der Waals surface area (Å²) >= 11 is 0. The Hall–Kier alpha value is -2.68. The zero-order valence-corrected chi connectivity index (χ0v) is 18.7. The zero-order chi connectivity index (χ0) is 21.7. The van der Waals surface area contributed by atoms with Crippen molar-refractivity contribution in [3.05, 3.63) is 108 Å². The van der Waals surface area contributed by atoms with E-state index in [9.17, 15) is 0 Å². The molecule has 2 radical (unpaired) electrons. The Kier molecular flexibility index (Phi) is 4.82. The van der Waals surface area contributed by atoms with Crippen LogP contribution < -0.4 is 0 Å². The second-order valence-corrected chi connectivity index (χ2v) is 9.12. The Labute approximate surface area is 190 Å². The molecule has 0 bridgehead atoms. The summed E-state index contributed by atoms with van der Waals surface area (Å²) in [5.41, 5.74) is 2.47. The van der Waals surface area contributed by atoms with E-state index in [4.69, 9.17) is 9.47 Å². The average Bonchev–Trinajstić information content (AvgIpc) is 3.41. The fraction of sp³-hybridized carbons (Fsp3) is 0.267. The summed E-state index contributed by atoms with van der Waals surface area (Å²) < 4.78 is 12.7. The van der Waals surface area contributed by atoms with Crippen molar-refractivity contribution in [2.75, 3.05) is 14.2 Å². The van der Waals surface area contributed by atoms with Crippen LogP contribution in [0.3, 0.4) is 0 Å². The van der Waals surface area contributed by atoms with E-state index in [1.165, 1.54) is 63.8 Å². The number of rotatable bonds is 4. The highest BCUT2D eigenvalue weighted by molar-refractivity contribution is 5.85. The first-order chi connectivity index (χ1) is 15.7. The molecule has 0 N–H and O–H groups in total. The minimum atomic E-state index is -0.833. The van der Waals surface area contributed by atoms with Crippen LogP contribution in [0.1, 0.15) is 30.4 Å². The summed E-state index contributed by atoms with van der Waals surface area (Å²) in [5.74, 6) is 2.63. The fourth-order valence-electron chi connectivity index (χ4n) is 6.33. The Bertz CT molecular complexity index is 1180. The van der Waals surface area contributed by atoms with Crippen molar-refractivity contribution in [2.24, 2.45) is 11.8 Å². The maximum absolute atomic E-state index is 6.35. The first kappa shape index (κ1) is 20.0. The summed E-state index contributed by atoms with van der Waals surface area (Å²) in [6, 6.07) is 30.7. The number of ether oxygens (including phenoxy) is 2. The van der Waals surface area contributed by atoms with Crippen LogP contribution in [0.15, 0.2) is 84.9 Å². The lowest BCUT2D eigenvalue weighted by atomic mass is 9.81. The SMILES string of the molecule is COC1(OC)[C](c2ccc3ccccc3c2)C2CCCC2[C]1c1ccc2ccccc2c1. The van der Waals surface area contributed by atoms with Crippen LogP contribution in [0, 0.1) is 23.7 Å². The molecule has 160 valence electrons. The van der Waals surface area contributed by atoms with E-state index in [1.807, 2.05) is 0 Å². The van der Waals surface area contributed by atoms with Gasteiger partial charge in [0.15, 0.2) is 5.79 Å². The van der Waals surface area contributed by atoms with E-state index in [1.54, 1.807) is 14.2 Å². The maximum atomic E-state index is 6.35. The van der Waals surface area contributed by atoms with Gasteiger partial charge in [0, 0.05) is 14.2 Å². The van der Waals surface area contributed by atoms with E-state index in [-0.39, 0.29) is 0 Å². The zero-order valence-electron chi connectivity index (χ0n) is 18.7. The Morgan fingerprint density at radius 2 is 1.03 bits per heavy atom. The van der Waals surface area contributed by atoms with Crippen molar-refractivity contribution in [2.45, 2.75) is 25.0 Å². The minimum absolute atomic E-state index is 0.442. The quantitative estimate of drug-likeness (QED) is 0.332. The van der Waals surface area contributed by atoms with E-state index in [0.717, 1.165) is 0 Å². The van der Waals surface area contributed by atoms with Crippen LogP contribution in [-0.4, -0.2) is 20.0 Å². The van der Waals surface area contributed by atoms with Gasteiger partial charge in [0.1, 0.15) is 0 Å². The molecular formula is C30H28O2. The number of methoxy groups -OCH3 is 2. The van der Waals surface area contributed by atoms with Gasteiger partial charge in [-0.1, -0.05) is 91.3 Å². The van der Waals surface area contributed by atoms with E-state index >= 15 is 0 Å². The topological polar surface area (TPSA) is 18.5 Å². The molecule has 2 aliphatic carbocycles. The predicted molar refractivity (Wildman–Crippen MR) is 130 cm³/mol. The molecule has 0 aromatic heterocycles. The molecule has 2 fully saturated rings. The molecule has 2 aliphatic rings. The molecule has 2 unspecified atom stereocenters. The lowest BCUT2D eigenvalue weighted by Gasteiger charge is -2.39. The highest BCUT2D eigenvalue weighted by atomic mass is 16.7. The van der Waals surface area contributed by atoms with Crippen molar-refractivity contribution in [3.8, 4) is 0 Å². The third-order valence-electron chi connectivity index (χ3n) is 7.66. The van der Waals surface area contributed by atoms with Gasteiger partial charge in [-0.05, 0) is 57.3 Å². The first-order valence-corrected chi connectivity index (χ1v) is 11.6. The van der Waals surface area contributed by atoms with Gasteiger partial charge in [0.05, 0.1) is 11.8 Å². The van der Waals surface area contributed by atoms with Crippen molar-refractivity contribution in [1.29, 1.82) is 0 Å². The Morgan fingerprint density at radius 3 is 1.47 bits per heavy atom. The van der Waals surface area contributed by atoms with E-state index in [0.29, 0.717) is 11.8 Å². The van der Waals surface area contributed by atoms with Gasteiger partial charge in [-0.2, -0.15) is 0 Å². The van der Waals surface area contributed by atoms with Crippen LogP contribution in [0.25, 0.3) is 21.5 Å². The monoisotopic (exact) mass is 420 g/mol. The molecule has 6 rings (SSSR count). The molecule has 4 aromatic carbocycles. The van der Waals surface area contributed by atoms with Gasteiger partial charge in [-0.25, -0.2) is 0 Å². The molecule has 2 saturated carbocycles. The van der Waals surface area contributed by atoms with Crippen molar-refractivity contribution in [3.63, 3.8) is 0 Å². The molecule has 0 aliphatic heterocycles. The van der Waals surface area contributed by atoms with Crippen molar-refractivity contribution >= 4 is 21.5 Å². The molecule has 32 heavy (non-hydrogen) atoms. The van der Waals surface area contributed by atoms with Crippen LogP contribution in [0.4, 0.5) is 0 Å². The van der Waals surface area contributed by atoms with Gasteiger partial charge in [-0.15, -0.1) is 0 Å². The van der Waals surface area contributed by atoms with Crippen LogP contribution in [0.5, 0.6) is 0 Å². The highest BCUT2D eigenvalue weighted by Crippen LogP contribution is 2.63. The second kappa shape index (κ2) is 7.72. The third kappa shape index (κ3) is 2.86. The van der Waals surface area contributed by atoms with Crippen molar-refractivity contribution in [1.82, 2.24) is 0 Å². The first-order valence-electron chi connectivity index (χ1n) is 11.6. The standard InChI is InChI=1S/C30H28O2/c1-31-30(32-2)28(24-16-14-20-8-3-5-10-22(20)18-24)26-12-7-13-27(26)29(30)25-17-15-21-9-4-6-11-23(21)19-25/h3-6,8-11,14-19,26-27H,7,12-13H2,1-2H3. The van der Waals surface area contributed by atoms with Gasteiger partial charge in [-0.3, -0.25) is 0 Å². The molecule has 4 aromatic rings. The molecular weight excluding hydrogens is 392 g/mol. The second-order valence-electron chi connectivity index (χ2n) is 9.12. The largest absolute Gasteiger partial charge is 0.351 e. The van der Waals surface area contributed by atoms with Gasteiger partial charge in [0.2, 0.25) is 0 Å². The molecule has 0 amide bonds. The lowest BCUT2D eigenvalue weighted by Crippen LogP contribution is -2.44. The number of fused-ring (bicyclic) bond motifs is 3. The normalized spacial score (nSPS) is 23.2. The number of hydrogen-bond acceptors (Lipinski definition) is 2. The predicted octanol–water partition coefficient (Wildman–Crippen LogP) is 6.96. The lowest BCUT2D eigenvalue weighted by molar-refractivity contribution is -0.171. The van der Waals surface area contributed by atoms with Gasteiger partial charge >= 0.3 is 0 Å². The Morgan fingerprint density at radius 1 is 0.594 bits per heavy atom. The van der Waals surface area contributed by atoms with Crippen LogP contribution in [0.2, 0.25) is 0 Å². The van der Waals surface area contributed by atoms with Gasteiger partial charge in [0.25, 0.3) is 0 Å². The molecule has 2 heteroatoms. The molecule has 2 atom stereocenters. The van der Waals surface area contributed by atoms with E-state index < -0.39 is 5.79 Å². The minimum Gasteiger partial charge on any atom is -0.351 e. The molecule has 0 spiro atoms. The number of benzene rings is 4. The van der Waals surface area contributed by atoms with Crippen molar-refractivity contribution < 1.29 is 9.47 Å². The fourth-order valence-corrected chi connectivity index (χ4v) is 6.33. The van der Waals surface area contributed by atoms with Crippen LogP contribution >= 0.6 is 0 Å². The van der Waals surface area contributed by atoms with Crippen LogP contribution in [-0.2, 0) is 9.47 Å². The summed E-state index contributed by atoms with van der Waals surface area (Å²) in [4.78, 5) is 0. The third-order valence-corrected chi connectivity index (χ3v) is 7.66. The summed E-state index contributed by atoms with van der Waals surface area (Å²) in [6.45, 7) is 0. The Balaban J connectivity index is 1.53. The van der Waals surface area contributed by atoms with E-state index in [2.05, 4.69) is 84.9 Å². The number of hydrogen-bond donors (Lipinski definition) is 0. The van der Waals surface area contributed by atoms with Gasteiger partial charge < -0.3 is 9.47 Å². The summed E-state index contributed by atoms with van der Waals surface area (Å²) in [6.07, 6.45) is 3.60. The maximum Gasteiger partial charge on any atom is 0.189 e. The summed E-state index contributed by atoms with van der Waals surface area (Å²) in [5, 5.41) is 5.04.